The molecular formula is C11H7Cl2N. The van der Waals surface area contributed by atoms with Crippen LogP contribution in [0.1, 0.15) is 0 Å². The summed E-state index contributed by atoms with van der Waals surface area (Å²) in [7, 11) is 0. The van der Waals surface area contributed by atoms with Gasteiger partial charge in [0.05, 0.1) is 0 Å². The molecule has 0 unspecified atom stereocenters. The Labute approximate surface area is 92.3 Å². The molecule has 1 aromatic carbocycles. The molecule has 0 saturated carbocycles. The van der Waals surface area contributed by atoms with E-state index in [9.17, 15) is 0 Å². The maximum atomic E-state index is 5.90. The van der Waals surface area contributed by atoms with Crippen LogP contribution in [0.3, 0.4) is 0 Å². The van der Waals surface area contributed by atoms with Crippen LogP contribution in [0.5, 0.6) is 0 Å². The van der Waals surface area contributed by atoms with Crippen LogP contribution in [0, 0.1) is 0 Å². The average Bonchev–Trinajstić information content (AvgIpc) is 2.18. The molecule has 0 atom stereocenters. The zero-order valence-corrected chi connectivity index (χ0v) is 8.76. The fraction of sp³-hybridized carbons (Fsp3) is 0. The minimum Gasteiger partial charge on any atom is -0.264 e. The average molecular weight is 224 g/mol. The summed E-state index contributed by atoms with van der Waals surface area (Å²) in [5.41, 5.74) is 1.99. The minimum absolute atomic E-state index is 0.636. The lowest BCUT2D eigenvalue weighted by Gasteiger charge is -2.02. The molecule has 0 radical (unpaired) electrons. The van der Waals surface area contributed by atoms with Gasteiger partial charge in [-0.2, -0.15) is 0 Å². The van der Waals surface area contributed by atoms with Crippen molar-refractivity contribution in [2.24, 2.45) is 0 Å². The highest BCUT2D eigenvalue weighted by atomic mass is 35.5. The van der Waals surface area contributed by atoms with Gasteiger partial charge in [-0.3, -0.25) is 4.98 Å². The third-order valence-corrected chi connectivity index (χ3v) is 2.29. The molecule has 0 fully saturated rings. The van der Waals surface area contributed by atoms with Gasteiger partial charge in [-0.15, -0.1) is 0 Å². The first-order chi connectivity index (χ1) is 6.75. The zero-order valence-electron chi connectivity index (χ0n) is 7.24. The summed E-state index contributed by atoms with van der Waals surface area (Å²) in [4.78, 5) is 4.03. The van der Waals surface area contributed by atoms with Gasteiger partial charge < -0.3 is 0 Å². The Morgan fingerprint density at radius 1 is 0.929 bits per heavy atom. The van der Waals surface area contributed by atoms with E-state index < -0.39 is 0 Å². The van der Waals surface area contributed by atoms with Crippen LogP contribution >= 0.6 is 23.2 Å². The third-order valence-electron chi connectivity index (χ3n) is 1.86. The minimum atomic E-state index is 0.636. The molecule has 3 heteroatoms. The van der Waals surface area contributed by atoms with E-state index >= 15 is 0 Å². The van der Waals surface area contributed by atoms with Gasteiger partial charge in [0.1, 0.15) is 0 Å². The molecule has 1 aromatic heterocycles. The SMILES string of the molecule is Clc1cc(Cl)cc(-c2cccnc2)c1. The molecular weight excluding hydrogens is 217 g/mol. The topological polar surface area (TPSA) is 12.9 Å². The number of hydrogen-bond acceptors (Lipinski definition) is 1. The lowest BCUT2D eigenvalue weighted by atomic mass is 10.1. The van der Waals surface area contributed by atoms with Crippen LogP contribution in [-0.2, 0) is 0 Å². The number of pyridine rings is 1. The van der Waals surface area contributed by atoms with Gasteiger partial charge in [0.15, 0.2) is 0 Å². The maximum absolute atomic E-state index is 5.90. The van der Waals surface area contributed by atoms with Crippen molar-refractivity contribution in [3.63, 3.8) is 0 Å². The number of benzene rings is 1. The highest BCUT2D eigenvalue weighted by Crippen LogP contribution is 2.26. The van der Waals surface area contributed by atoms with E-state index in [-0.39, 0.29) is 0 Å². The molecule has 70 valence electrons. The molecule has 2 aromatic rings. The largest absolute Gasteiger partial charge is 0.264 e. The van der Waals surface area contributed by atoms with Crippen LogP contribution in [0.25, 0.3) is 11.1 Å². The van der Waals surface area contributed by atoms with Crippen molar-refractivity contribution < 1.29 is 0 Å². The third kappa shape index (κ3) is 2.06. The first-order valence-corrected chi connectivity index (χ1v) is 4.88. The van der Waals surface area contributed by atoms with E-state index in [1.807, 2.05) is 24.3 Å². The van der Waals surface area contributed by atoms with E-state index in [1.165, 1.54) is 0 Å². The highest BCUT2D eigenvalue weighted by molar-refractivity contribution is 6.35. The Morgan fingerprint density at radius 3 is 2.21 bits per heavy atom. The summed E-state index contributed by atoms with van der Waals surface area (Å²) >= 11 is 11.8. The molecule has 2 rings (SSSR count). The van der Waals surface area contributed by atoms with Crippen molar-refractivity contribution in [3.8, 4) is 11.1 Å². The molecule has 0 spiro atoms. The maximum Gasteiger partial charge on any atom is 0.0426 e. The molecule has 0 N–H and O–H groups in total. The second-order valence-electron chi connectivity index (χ2n) is 2.90. The fourth-order valence-electron chi connectivity index (χ4n) is 1.25. The van der Waals surface area contributed by atoms with Crippen LogP contribution < -0.4 is 0 Å². The smallest absolute Gasteiger partial charge is 0.0426 e. The van der Waals surface area contributed by atoms with Crippen molar-refractivity contribution in [1.82, 2.24) is 4.98 Å². The monoisotopic (exact) mass is 223 g/mol. The summed E-state index contributed by atoms with van der Waals surface area (Å²) in [6, 6.07) is 9.29. The van der Waals surface area contributed by atoms with Crippen LogP contribution in [0.4, 0.5) is 0 Å². The summed E-state index contributed by atoms with van der Waals surface area (Å²) < 4.78 is 0. The second-order valence-corrected chi connectivity index (χ2v) is 3.77. The molecule has 14 heavy (non-hydrogen) atoms. The van der Waals surface area contributed by atoms with E-state index in [1.54, 1.807) is 18.5 Å². The van der Waals surface area contributed by atoms with Crippen LogP contribution in [0.2, 0.25) is 10.0 Å². The number of aromatic nitrogens is 1. The van der Waals surface area contributed by atoms with E-state index in [4.69, 9.17) is 23.2 Å². The molecule has 0 aliphatic carbocycles. The quantitative estimate of drug-likeness (QED) is 0.711. The van der Waals surface area contributed by atoms with Gasteiger partial charge in [0, 0.05) is 28.0 Å². The number of rotatable bonds is 1. The van der Waals surface area contributed by atoms with E-state index in [0.29, 0.717) is 10.0 Å². The van der Waals surface area contributed by atoms with Crippen molar-refractivity contribution >= 4 is 23.2 Å². The molecule has 1 heterocycles. The van der Waals surface area contributed by atoms with E-state index in [0.717, 1.165) is 11.1 Å². The normalized spacial score (nSPS) is 10.1. The molecule has 0 aliphatic heterocycles. The van der Waals surface area contributed by atoms with Crippen LogP contribution in [0.15, 0.2) is 42.7 Å². The van der Waals surface area contributed by atoms with Gasteiger partial charge >= 0.3 is 0 Å². The first kappa shape index (κ1) is 9.50. The predicted molar refractivity (Wildman–Crippen MR) is 59.7 cm³/mol. The highest BCUT2D eigenvalue weighted by Gasteiger charge is 2.00. The van der Waals surface area contributed by atoms with Crippen molar-refractivity contribution in [2.75, 3.05) is 0 Å². The summed E-state index contributed by atoms with van der Waals surface area (Å²) in [6.45, 7) is 0. The van der Waals surface area contributed by atoms with Crippen molar-refractivity contribution in [1.29, 1.82) is 0 Å². The Hall–Kier alpha value is -1.05. The first-order valence-electron chi connectivity index (χ1n) is 4.12. The summed E-state index contributed by atoms with van der Waals surface area (Å²) in [6.07, 6.45) is 3.51. The predicted octanol–water partition coefficient (Wildman–Crippen LogP) is 4.06. The van der Waals surface area contributed by atoms with Gasteiger partial charge in [-0.25, -0.2) is 0 Å². The molecule has 0 bridgehead atoms. The number of nitrogens with zero attached hydrogens (tertiary/aromatic N) is 1. The zero-order chi connectivity index (χ0) is 9.97. The van der Waals surface area contributed by atoms with Crippen molar-refractivity contribution in [3.05, 3.63) is 52.8 Å². The molecule has 0 saturated heterocycles. The molecule has 0 aliphatic rings. The molecule has 0 amide bonds. The Balaban J connectivity index is 2.52. The standard InChI is InChI=1S/C11H7Cl2N/c12-10-4-9(5-11(13)6-10)8-2-1-3-14-7-8/h1-7H. The number of halogens is 2. The summed E-state index contributed by atoms with van der Waals surface area (Å²) in [5, 5.41) is 1.27. The number of hydrogen-bond donors (Lipinski definition) is 0. The summed E-state index contributed by atoms with van der Waals surface area (Å²) in [5.74, 6) is 0. The van der Waals surface area contributed by atoms with E-state index in [2.05, 4.69) is 4.98 Å². The lowest BCUT2D eigenvalue weighted by molar-refractivity contribution is 1.33. The Kier molecular flexibility index (Phi) is 2.71. The fourth-order valence-corrected chi connectivity index (χ4v) is 1.78. The van der Waals surface area contributed by atoms with Gasteiger partial charge in [-0.05, 0) is 29.8 Å². The second kappa shape index (κ2) is 3.99. The van der Waals surface area contributed by atoms with Crippen molar-refractivity contribution in [2.45, 2.75) is 0 Å². The Morgan fingerprint density at radius 2 is 1.64 bits per heavy atom. The van der Waals surface area contributed by atoms with Gasteiger partial charge in [0.2, 0.25) is 0 Å². The molecule has 1 nitrogen and oxygen atoms in total. The van der Waals surface area contributed by atoms with Gasteiger partial charge in [-0.1, -0.05) is 29.3 Å². The van der Waals surface area contributed by atoms with Gasteiger partial charge in [0.25, 0.3) is 0 Å². The van der Waals surface area contributed by atoms with Crippen LogP contribution in [-0.4, -0.2) is 4.98 Å². The lowest BCUT2D eigenvalue weighted by Crippen LogP contribution is -1.79. The Bertz CT molecular complexity index is 420.